The summed E-state index contributed by atoms with van der Waals surface area (Å²) in [5, 5.41) is 2.50. The lowest BCUT2D eigenvalue weighted by Gasteiger charge is -2.06. The minimum Gasteiger partial charge on any atom is -0.350 e. The molecule has 0 atom stereocenters. The fourth-order valence-corrected chi connectivity index (χ4v) is 2.51. The number of nitrogens with one attached hydrogen (secondary N) is 2. The lowest BCUT2D eigenvalue weighted by Crippen LogP contribution is -2.34. The van der Waals surface area contributed by atoms with Gasteiger partial charge in [-0.1, -0.05) is 13.0 Å². The number of amides is 1. The Bertz CT molecular complexity index is 519. The highest BCUT2D eigenvalue weighted by Gasteiger charge is 2.11. The molecular formula is C10H14BrN3O3S. The third-order valence-electron chi connectivity index (χ3n) is 1.97. The van der Waals surface area contributed by atoms with E-state index in [1.807, 2.05) is 0 Å². The molecule has 6 nitrogen and oxygen atoms in total. The molecule has 1 aromatic rings. The molecule has 1 rings (SSSR count). The molecule has 0 saturated heterocycles. The van der Waals surface area contributed by atoms with Gasteiger partial charge in [0.05, 0.1) is 5.75 Å². The Morgan fingerprint density at radius 3 is 2.78 bits per heavy atom. The van der Waals surface area contributed by atoms with E-state index in [4.69, 9.17) is 0 Å². The van der Waals surface area contributed by atoms with Gasteiger partial charge in [0, 0.05) is 13.1 Å². The number of hydrogen-bond donors (Lipinski definition) is 2. The van der Waals surface area contributed by atoms with Crippen LogP contribution in [0.2, 0.25) is 0 Å². The predicted octanol–water partition coefficient (Wildman–Crippen LogP) is 0.513. The van der Waals surface area contributed by atoms with Gasteiger partial charge in [-0.05, 0) is 28.1 Å². The molecule has 1 heterocycles. The quantitative estimate of drug-likeness (QED) is 0.741. The number of aromatic nitrogens is 1. The average Bonchev–Trinajstić information content (AvgIpc) is 2.28. The van der Waals surface area contributed by atoms with Crippen LogP contribution >= 0.6 is 15.9 Å². The van der Waals surface area contributed by atoms with Gasteiger partial charge in [0.1, 0.15) is 10.3 Å². The van der Waals surface area contributed by atoms with Crippen LogP contribution in [0, 0.1) is 0 Å². The number of pyridine rings is 1. The number of nitrogens with zero attached hydrogens (tertiary/aromatic N) is 1. The molecular weight excluding hydrogens is 322 g/mol. The van der Waals surface area contributed by atoms with Crippen LogP contribution in [0.5, 0.6) is 0 Å². The number of sulfonamides is 1. The van der Waals surface area contributed by atoms with Crippen molar-refractivity contribution in [2.45, 2.75) is 6.92 Å². The van der Waals surface area contributed by atoms with Crippen LogP contribution in [-0.4, -0.2) is 38.2 Å². The highest BCUT2D eigenvalue weighted by Crippen LogP contribution is 2.05. The number of hydrogen-bond acceptors (Lipinski definition) is 4. The molecule has 0 aliphatic carbocycles. The van der Waals surface area contributed by atoms with Crippen molar-refractivity contribution < 1.29 is 13.2 Å². The SMILES string of the molecule is CCNS(=O)(=O)CCNC(=O)c1cccc(Br)n1. The summed E-state index contributed by atoms with van der Waals surface area (Å²) < 4.78 is 25.5. The Kier molecular flexibility index (Phi) is 5.70. The van der Waals surface area contributed by atoms with Gasteiger partial charge in [-0.15, -0.1) is 0 Å². The zero-order valence-electron chi connectivity index (χ0n) is 9.81. The van der Waals surface area contributed by atoms with E-state index in [1.54, 1.807) is 25.1 Å². The number of carbonyl (C=O) groups is 1. The van der Waals surface area contributed by atoms with E-state index < -0.39 is 15.9 Å². The molecule has 0 spiro atoms. The minimum absolute atomic E-state index is 0.0440. The van der Waals surface area contributed by atoms with Crippen molar-refractivity contribution in [3.05, 3.63) is 28.5 Å². The molecule has 8 heteroatoms. The molecule has 0 aromatic carbocycles. The number of carbonyl (C=O) groups excluding carboxylic acids is 1. The topological polar surface area (TPSA) is 88.2 Å². The summed E-state index contributed by atoms with van der Waals surface area (Å²) in [7, 11) is -3.31. The molecule has 2 N–H and O–H groups in total. The summed E-state index contributed by atoms with van der Waals surface area (Å²) in [6.07, 6.45) is 0. The van der Waals surface area contributed by atoms with Crippen LogP contribution in [0.1, 0.15) is 17.4 Å². The Balaban J connectivity index is 2.48. The van der Waals surface area contributed by atoms with E-state index in [-0.39, 0.29) is 18.0 Å². The molecule has 0 aliphatic heterocycles. The van der Waals surface area contributed by atoms with Crippen LogP contribution in [0.15, 0.2) is 22.8 Å². The molecule has 0 saturated carbocycles. The Labute approximate surface area is 114 Å². The van der Waals surface area contributed by atoms with Crippen molar-refractivity contribution in [1.82, 2.24) is 15.0 Å². The molecule has 0 radical (unpaired) electrons. The molecule has 0 bridgehead atoms. The molecule has 0 aliphatic rings. The van der Waals surface area contributed by atoms with Gasteiger partial charge in [0.2, 0.25) is 10.0 Å². The second kappa shape index (κ2) is 6.81. The Hall–Kier alpha value is -0.990. The van der Waals surface area contributed by atoms with Gasteiger partial charge in [0.15, 0.2) is 0 Å². The first-order chi connectivity index (χ1) is 8.44. The Morgan fingerprint density at radius 2 is 2.17 bits per heavy atom. The van der Waals surface area contributed by atoms with E-state index in [2.05, 4.69) is 31.0 Å². The van der Waals surface area contributed by atoms with Gasteiger partial charge >= 0.3 is 0 Å². The predicted molar refractivity (Wildman–Crippen MR) is 71.7 cm³/mol. The van der Waals surface area contributed by atoms with Gasteiger partial charge in [-0.3, -0.25) is 4.79 Å². The lowest BCUT2D eigenvalue weighted by molar-refractivity contribution is 0.0951. The maximum atomic E-state index is 11.6. The molecule has 0 fully saturated rings. The molecule has 18 heavy (non-hydrogen) atoms. The summed E-state index contributed by atoms with van der Waals surface area (Å²) in [4.78, 5) is 15.6. The normalized spacial score (nSPS) is 11.2. The fourth-order valence-electron chi connectivity index (χ4n) is 1.22. The van der Waals surface area contributed by atoms with Gasteiger partial charge in [-0.25, -0.2) is 18.1 Å². The zero-order chi connectivity index (χ0) is 13.6. The van der Waals surface area contributed by atoms with Crippen LogP contribution in [-0.2, 0) is 10.0 Å². The third-order valence-corrected chi connectivity index (χ3v) is 3.88. The van der Waals surface area contributed by atoms with E-state index in [0.29, 0.717) is 11.1 Å². The first kappa shape index (κ1) is 15.1. The molecule has 0 unspecified atom stereocenters. The molecule has 1 amide bonds. The monoisotopic (exact) mass is 335 g/mol. The van der Waals surface area contributed by atoms with Crippen LogP contribution < -0.4 is 10.0 Å². The van der Waals surface area contributed by atoms with E-state index in [9.17, 15) is 13.2 Å². The maximum absolute atomic E-state index is 11.6. The second-order valence-corrected chi connectivity index (χ2v) is 6.16. The van der Waals surface area contributed by atoms with Crippen molar-refractivity contribution >= 4 is 31.9 Å². The average molecular weight is 336 g/mol. The maximum Gasteiger partial charge on any atom is 0.269 e. The molecule has 1 aromatic heterocycles. The largest absolute Gasteiger partial charge is 0.350 e. The van der Waals surface area contributed by atoms with E-state index >= 15 is 0 Å². The van der Waals surface area contributed by atoms with E-state index in [0.717, 1.165) is 0 Å². The van der Waals surface area contributed by atoms with Crippen LogP contribution in [0.4, 0.5) is 0 Å². The van der Waals surface area contributed by atoms with Gasteiger partial charge in [0.25, 0.3) is 5.91 Å². The number of rotatable bonds is 6. The second-order valence-electron chi connectivity index (χ2n) is 3.42. The van der Waals surface area contributed by atoms with Crippen LogP contribution in [0.25, 0.3) is 0 Å². The zero-order valence-corrected chi connectivity index (χ0v) is 12.2. The van der Waals surface area contributed by atoms with Crippen LogP contribution in [0.3, 0.4) is 0 Å². The fraction of sp³-hybridized carbons (Fsp3) is 0.400. The van der Waals surface area contributed by atoms with Crippen molar-refractivity contribution in [3.63, 3.8) is 0 Å². The summed E-state index contributed by atoms with van der Waals surface area (Å²) in [6.45, 7) is 2.08. The first-order valence-corrected chi connectivity index (χ1v) is 7.77. The van der Waals surface area contributed by atoms with Crippen molar-refractivity contribution in [2.75, 3.05) is 18.8 Å². The van der Waals surface area contributed by atoms with Crippen molar-refractivity contribution in [1.29, 1.82) is 0 Å². The molecule has 100 valence electrons. The van der Waals surface area contributed by atoms with Crippen molar-refractivity contribution in [3.8, 4) is 0 Å². The highest BCUT2D eigenvalue weighted by atomic mass is 79.9. The summed E-state index contributed by atoms with van der Waals surface area (Å²) in [5.74, 6) is -0.552. The summed E-state index contributed by atoms with van der Waals surface area (Å²) in [6, 6.07) is 4.94. The van der Waals surface area contributed by atoms with E-state index in [1.165, 1.54) is 0 Å². The lowest BCUT2D eigenvalue weighted by atomic mass is 10.3. The smallest absolute Gasteiger partial charge is 0.269 e. The Morgan fingerprint density at radius 1 is 1.44 bits per heavy atom. The standard InChI is InChI=1S/C10H14BrN3O3S/c1-2-13-18(16,17)7-6-12-10(15)8-4-3-5-9(11)14-8/h3-5,13H,2,6-7H2,1H3,(H,12,15). The third kappa shape index (κ3) is 5.11. The van der Waals surface area contributed by atoms with Gasteiger partial charge in [-0.2, -0.15) is 0 Å². The number of halogens is 1. The first-order valence-electron chi connectivity index (χ1n) is 5.32. The van der Waals surface area contributed by atoms with Gasteiger partial charge < -0.3 is 5.32 Å². The summed E-state index contributed by atoms with van der Waals surface area (Å²) >= 11 is 3.15. The highest BCUT2D eigenvalue weighted by molar-refractivity contribution is 9.10. The van der Waals surface area contributed by atoms with Crippen molar-refractivity contribution in [2.24, 2.45) is 0 Å². The summed E-state index contributed by atoms with van der Waals surface area (Å²) in [5.41, 5.74) is 0.241. The minimum atomic E-state index is -3.31.